The summed E-state index contributed by atoms with van der Waals surface area (Å²) in [4.78, 5) is 16.0. The van der Waals surface area contributed by atoms with Gasteiger partial charge in [-0.2, -0.15) is 0 Å². The van der Waals surface area contributed by atoms with E-state index in [1.807, 2.05) is 0 Å². The largest absolute Gasteiger partial charge is 0.383 e. The zero-order valence-electron chi connectivity index (χ0n) is 8.32. The van der Waals surface area contributed by atoms with E-state index in [0.29, 0.717) is 18.9 Å². The summed E-state index contributed by atoms with van der Waals surface area (Å²) in [6.45, 7) is 1.22. The third kappa shape index (κ3) is 1.82. The quantitative estimate of drug-likeness (QED) is 0.629. The van der Waals surface area contributed by atoms with Gasteiger partial charge in [-0.05, 0) is 12.8 Å². The van der Waals surface area contributed by atoms with Crippen LogP contribution in [0.5, 0.6) is 0 Å². The van der Waals surface area contributed by atoms with Crippen molar-refractivity contribution in [2.75, 3.05) is 24.1 Å². The molecule has 1 fully saturated rings. The molecule has 1 aliphatic carbocycles. The average molecular weight is 226 g/mol. The minimum atomic E-state index is -0.329. The molecule has 1 aromatic heterocycles. The fourth-order valence-corrected chi connectivity index (χ4v) is 2.59. The Balaban J connectivity index is 2.18. The lowest BCUT2D eigenvalue weighted by molar-refractivity contribution is -0.109. The Morgan fingerprint density at radius 2 is 2.33 bits per heavy atom. The van der Waals surface area contributed by atoms with Gasteiger partial charge in [-0.15, -0.1) is 0 Å². The number of hydrogen-bond donors (Lipinski definition) is 3. The number of nitrogen functional groups attached to an aromatic ring is 1. The Kier molecular flexibility index (Phi) is 2.62. The molecule has 1 aromatic rings. The normalized spacial score (nSPS) is 17.4. The van der Waals surface area contributed by atoms with Crippen LogP contribution in [0.15, 0.2) is 0 Å². The van der Waals surface area contributed by atoms with Crippen LogP contribution in [0, 0.1) is 0 Å². The van der Waals surface area contributed by atoms with E-state index in [2.05, 4.69) is 10.3 Å². The summed E-state index contributed by atoms with van der Waals surface area (Å²) in [7, 11) is 0. The molecule has 5 nitrogen and oxygen atoms in total. The number of thiazole rings is 1. The number of carbonyl (C=O) groups excluding carboxylic acids is 1. The number of aldehydes is 1. The summed E-state index contributed by atoms with van der Waals surface area (Å²) in [5.74, 6) is 0.476. The number of nitrogens with zero attached hydrogens (tertiary/aromatic N) is 1. The van der Waals surface area contributed by atoms with Crippen LogP contribution < -0.4 is 16.8 Å². The van der Waals surface area contributed by atoms with Crippen molar-refractivity contribution in [3.63, 3.8) is 0 Å². The first-order valence-electron chi connectivity index (χ1n) is 4.89. The number of nitrogens with one attached hydrogen (secondary N) is 1. The molecule has 1 heterocycles. The number of carbonyl (C=O) groups is 1. The van der Waals surface area contributed by atoms with Crippen molar-refractivity contribution in [1.29, 1.82) is 0 Å². The van der Waals surface area contributed by atoms with Crippen LogP contribution in [-0.4, -0.2) is 24.4 Å². The molecule has 0 aromatic carbocycles. The second-order valence-corrected chi connectivity index (χ2v) is 4.72. The molecule has 0 radical (unpaired) electrons. The van der Waals surface area contributed by atoms with Gasteiger partial charge in [0.05, 0.1) is 10.3 Å². The predicted octanol–water partition coefficient (Wildman–Crippen LogP) is 0.326. The zero-order chi connectivity index (χ0) is 10.9. The van der Waals surface area contributed by atoms with Crippen molar-refractivity contribution < 1.29 is 4.79 Å². The van der Waals surface area contributed by atoms with Crippen LogP contribution in [-0.2, 0) is 10.2 Å². The van der Waals surface area contributed by atoms with E-state index in [-0.39, 0.29) is 5.41 Å². The van der Waals surface area contributed by atoms with Crippen molar-refractivity contribution in [3.8, 4) is 0 Å². The minimum absolute atomic E-state index is 0.329. The molecule has 0 unspecified atom stereocenters. The maximum atomic E-state index is 10.9. The highest BCUT2D eigenvalue weighted by atomic mass is 32.1. The van der Waals surface area contributed by atoms with Gasteiger partial charge < -0.3 is 21.6 Å². The van der Waals surface area contributed by atoms with Gasteiger partial charge >= 0.3 is 0 Å². The van der Waals surface area contributed by atoms with E-state index in [4.69, 9.17) is 11.5 Å². The number of nitrogens with two attached hydrogens (primary N) is 2. The smallest absolute Gasteiger partial charge is 0.185 e. The molecular weight excluding hydrogens is 212 g/mol. The summed E-state index contributed by atoms with van der Waals surface area (Å²) in [6, 6.07) is 0. The number of rotatable bonds is 5. The van der Waals surface area contributed by atoms with Crippen molar-refractivity contribution in [3.05, 3.63) is 4.88 Å². The monoisotopic (exact) mass is 226 g/mol. The van der Waals surface area contributed by atoms with Crippen molar-refractivity contribution in [2.24, 2.45) is 5.73 Å². The molecule has 15 heavy (non-hydrogen) atoms. The summed E-state index contributed by atoms with van der Waals surface area (Å²) < 4.78 is 0. The first-order valence-corrected chi connectivity index (χ1v) is 5.70. The van der Waals surface area contributed by atoms with E-state index in [1.54, 1.807) is 0 Å². The van der Waals surface area contributed by atoms with Crippen molar-refractivity contribution in [1.82, 2.24) is 4.98 Å². The maximum absolute atomic E-state index is 10.9. The minimum Gasteiger partial charge on any atom is -0.383 e. The van der Waals surface area contributed by atoms with Crippen molar-refractivity contribution in [2.45, 2.75) is 18.3 Å². The van der Waals surface area contributed by atoms with E-state index >= 15 is 0 Å². The Hall–Kier alpha value is -1.14. The van der Waals surface area contributed by atoms with Gasteiger partial charge in [0.2, 0.25) is 0 Å². The van der Waals surface area contributed by atoms with Crippen LogP contribution in [0.2, 0.25) is 0 Å². The highest BCUT2D eigenvalue weighted by molar-refractivity contribution is 7.16. The summed E-state index contributed by atoms with van der Waals surface area (Å²) in [5.41, 5.74) is 10.8. The van der Waals surface area contributed by atoms with Crippen LogP contribution in [0.4, 0.5) is 10.9 Å². The average Bonchev–Trinajstić information content (AvgIpc) is 2.95. The highest BCUT2D eigenvalue weighted by Gasteiger charge is 2.47. The summed E-state index contributed by atoms with van der Waals surface area (Å²) in [6.07, 6.45) is 2.77. The molecule has 1 aliphatic rings. The van der Waals surface area contributed by atoms with Gasteiger partial charge in [-0.3, -0.25) is 0 Å². The van der Waals surface area contributed by atoms with Gasteiger partial charge in [0.15, 0.2) is 5.13 Å². The lowest BCUT2D eigenvalue weighted by atomic mass is 10.1. The SMILES string of the molecule is NCCNc1nc(N)c(C2(C=O)CC2)s1. The fourth-order valence-electron chi connectivity index (χ4n) is 1.48. The van der Waals surface area contributed by atoms with Gasteiger partial charge in [0.25, 0.3) is 0 Å². The van der Waals surface area contributed by atoms with Gasteiger partial charge in [-0.1, -0.05) is 11.3 Å². The molecule has 0 amide bonds. The van der Waals surface area contributed by atoms with Gasteiger partial charge in [0, 0.05) is 13.1 Å². The molecule has 0 spiro atoms. The van der Waals surface area contributed by atoms with Gasteiger partial charge in [0.1, 0.15) is 12.1 Å². The third-order valence-corrected chi connectivity index (χ3v) is 3.79. The molecule has 5 N–H and O–H groups in total. The Labute approximate surface area is 91.9 Å². The molecule has 1 saturated carbocycles. The van der Waals surface area contributed by atoms with Crippen LogP contribution in [0.25, 0.3) is 0 Å². The van der Waals surface area contributed by atoms with Crippen molar-refractivity contribution >= 4 is 28.6 Å². The van der Waals surface area contributed by atoms with E-state index in [9.17, 15) is 4.79 Å². The summed E-state index contributed by atoms with van der Waals surface area (Å²) >= 11 is 1.46. The Morgan fingerprint density at radius 1 is 1.60 bits per heavy atom. The number of anilines is 2. The second-order valence-electron chi connectivity index (χ2n) is 3.72. The van der Waals surface area contributed by atoms with Crippen LogP contribution in [0.1, 0.15) is 17.7 Å². The first kappa shape index (κ1) is 10.4. The lowest BCUT2D eigenvalue weighted by Crippen LogP contribution is -2.12. The van der Waals surface area contributed by atoms with E-state index in [0.717, 1.165) is 29.1 Å². The zero-order valence-corrected chi connectivity index (χ0v) is 9.14. The fraction of sp³-hybridized carbons (Fsp3) is 0.556. The number of aromatic nitrogens is 1. The van der Waals surface area contributed by atoms with Gasteiger partial charge in [-0.25, -0.2) is 4.98 Å². The molecule has 0 atom stereocenters. The molecule has 82 valence electrons. The molecule has 0 bridgehead atoms. The Morgan fingerprint density at radius 3 is 2.87 bits per heavy atom. The highest BCUT2D eigenvalue weighted by Crippen LogP contribution is 2.51. The second kappa shape index (κ2) is 3.79. The molecular formula is C9H14N4OS. The third-order valence-electron chi connectivity index (χ3n) is 2.54. The maximum Gasteiger partial charge on any atom is 0.185 e. The lowest BCUT2D eigenvalue weighted by Gasteiger charge is -2.02. The van der Waals surface area contributed by atoms with E-state index in [1.165, 1.54) is 11.3 Å². The predicted molar refractivity (Wildman–Crippen MR) is 61.0 cm³/mol. The molecule has 6 heteroatoms. The molecule has 0 aliphatic heterocycles. The van der Waals surface area contributed by atoms with E-state index < -0.39 is 0 Å². The molecule has 2 rings (SSSR count). The first-order chi connectivity index (χ1) is 7.22. The summed E-state index contributed by atoms with van der Waals surface area (Å²) in [5, 5.41) is 3.82. The van der Waals surface area contributed by atoms with Crippen LogP contribution >= 0.6 is 11.3 Å². The molecule has 0 saturated heterocycles. The standard InChI is InChI=1S/C9H14N4OS/c10-3-4-12-8-13-7(11)6(15-8)9(5-14)1-2-9/h5H,1-4,10-11H2,(H,12,13). The van der Waals surface area contributed by atoms with Crippen LogP contribution in [0.3, 0.4) is 0 Å². The Bertz CT molecular complexity index is 372. The topological polar surface area (TPSA) is 94.0 Å². The number of hydrogen-bond acceptors (Lipinski definition) is 6.